The number of benzene rings is 2. The van der Waals surface area contributed by atoms with E-state index in [1.54, 1.807) is 58.3 Å². The van der Waals surface area contributed by atoms with Crippen LogP contribution in [0.3, 0.4) is 0 Å². The number of para-hydroxylation sites is 1. The lowest BCUT2D eigenvalue weighted by Crippen LogP contribution is -2.09. The van der Waals surface area contributed by atoms with E-state index in [1.165, 1.54) is 4.90 Å². The minimum Gasteiger partial charge on any atom is -0.493 e. The van der Waals surface area contributed by atoms with E-state index in [-0.39, 0.29) is 12.5 Å². The van der Waals surface area contributed by atoms with Gasteiger partial charge in [0.25, 0.3) is 5.89 Å². The summed E-state index contributed by atoms with van der Waals surface area (Å²) in [6, 6.07) is 18.6. The average Bonchev–Trinajstić information content (AvgIpc) is 3.64. The number of amides is 1. The van der Waals surface area contributed by atoms with Crippen LogP contribution in [-0.4, -0.2) is 65.3 Å². The number of pyridine rings is 1. The smallest absolute Gasteiger partial charge is 0.355 e. The highest BCUT2D eigenvalue weighted by Gasteiger charge is 2.18. The maximum atomic E-state index is 12.3. The van der Waals surface area contributed by atoms with Gasteiger partial charge in [-0.1, -0.05) is 18.2 Å². The van der Waals surface area contributed by atoms with Crippen molar-refractivity contribution in [3.05, 3.63) is 78.4 Å². The second kappa shape index (κ2) is 12.6. The SMILES string of the molecule is CN(C)C=O.COc1ccc(-c2cc(-c3nnc(COC(=O)c4cccn4C)o3)c3ccccc3n2)cc1OC. The summed E-state index contributed by atoms with van der Waals surface area (Å²) in [6.45, 7) is -0.136. The van der Waals surface area contributed by atoms with Crippen molar-refractivity contribution in [1.82, 2.24) is 24.6 Å². The van der Waals surface area contributed by atoms with Crippen LogP contribution in [0.15, 0.2) is 71.3 Å². The van der Waals surface area contributed by atoms with Crippen molar-refractivity contribution in [3.63, 3.8) is 0 Å². The molecule has 0 aliphatic rings. The number of nitrogens with zero attached hydrogens (tertiary/aromatic N) is 5. The molecule has 0 unspecified atom stereocenters. The van der Waals surface area contributed by atoms with E-state index in [0.29, 0.717) is 34.3 Å². The van der Waals surface area contributed by atoms with Crippen molar-refractivity contribution in [2.45, 2.75) is 6.61 Å². The van der Waals surface area contributed by atoms with E-state index in [9.17, 15) is 9.59 Å². The number of aromatic nitrogens is 4. The lowest BCUT2D eigenvalue weighted by Gasteiger charge is -2.11. The number of hydrogen-bond acceptors (Lipinski definition) is 9. The average molecular weight is 544 g/mol. The number of aryl methyl sites for hydroxylation is 1. The molecule has 40 heavy (non-hydrogen) atoms. The Bertz CT molecular complexity index is 1620. The molecule has 0 aliphatic carbocycles. The minimum absolute atomic E-state index is 0.136. The highest BCUT2D eigenvalue weighted by Crippen LogP contribution is 2.35. The second-order valence-corrected chi connectivity index (χ2v) is 8.79. The first-order valence-corrected chi connectivity index (χ1v) is 12.2. The van der Waals surface area contributed by atoms with Crippen LogP contribution in [0.5, 0.6) is 11.5 Å². The number of hydrogen-bond donors (Lipinski definition) is 0. The zero-order valence-electron chi connectivity index (χ0n) is 22.8. The topological polar surface area (TPSA) is 122 Å². The molecule has 0 atom stereocenters. The van der Waals surface area contributed by atoms with Gasteiger partial charge in [-0.05, 0) is 42.5 Å². The molecule has 11 nitrogen and oxygen atoms in total. The summed E-state index contributed by atoms with van der Waals surface area (Å²) in [6.07, 6.45) is 2.52. The van der Waals surface area contributed by atoms with Gasteiger partial charge in [-0.15, -0.1) is 10.2 Å². The summed E-state index contributed by atoms with van der Waals surface area (Å²) in [5.41, 5.74) is 3.46. The normalized spacial score (nSPS) is 10.4. The zero-order valence-corrected chi connectivity index (χ0v) is 22.8. The van der Waals surface area contributed by atoms with E-state index in [2.05, 4.69) is 10.2 Å². The van der Waals surface area contributed by atoms with Crippen molar-refractivity contribution in [2.24, 2.45) is 7.05 Å². The third-order valence-electron chi connectivity index (χ3n) is 5.78. The molecule has 0 spiro atoms. The fraction of sp³-hybridized carbons (Fsp3) is 0.207. The molecule has 0 saturated carbocycles. The van der Waals surface area contributed by atoms with Gasteiger partial charge >= 0.3 is 5.97 Å². The Morgan fingerprint density at radius 2 is 1.75 bits per heavy atom. The Morgan fingerprint density at radius 1 is 1.00 bits per heavy atom. The molecule has 3 aromatic heterocycles. The Labute approximate surface area is 230 Å². The molecule has 206 valence electrons. The van der Waals surface area contributed by atoms with E-state index in [1.807, 2.05) is 48.5 Å². The molecule has 5 aromatic rings. The summed E-state index contributed by atoms with van der Waals surface area (Å²) < 4.78 is 23.7. The molecular formula is C29H29N5O6. The standard InChI is InChI=1S/C26H22N4O5.C3H7NO/c1-30-12-6-9-21(30)26(31)34-15-24-28-29-25(35-24)18-14-20(27-19-8-5-4-7-17(18)19)16-10-11-22(32-2)23(13-16)33-3;1-4(2)3-5/h4-14H,15H2,1-3H3;3H,1-2H3. The molecular weight excluding hydrogens is 514 g/mol. The predicted octanol–water partition coefficient (Wildman–Crippen LogP) is 4.37. The molecule has 0 radical (unpaired) electrons. The first-order valence-electron chi connectivity index (χ1n) is 12.2. The van der Waals surface area contributed by atoms with E-state index >= 15 is 0 Å². The Kier molecular flexibility index (Phi) is 8.75. The highest BCUT2D eigenvalue weighted by molar-refractivity contribution is 5.94. The number of esters is 1. The van der Waals surface area contributed by atoms with Gasteiger partial charge in [0.2, 0.25) is 12.3 Å². The molecule has 5 rings (SSSR count). The van der Waals surface area contributed by atoms with E-state index in [0.717, 1.165) is 22.9 Å². The van der Waals surface area contributed by atoms with Crippen molar-refractivity contribution < 1.29 is 28.2 Å². The number of carbonyl (C=O) groups excluding carboxylic acids is 2. The second-order valence-electron chi connectivity index (χ2n) is 8.79. The van der Waals surface area contributed by atoms with Crippen LogP contribution < -0.4 is 9.47 Å². The fourth-order valence-electron chi connectivity index (χ4n) is 3.79. The quantitative estimate of drug-likeness (QED) is 0.207. The summed E-state index contributed by atoms with van der Waals surface area (Å²) in [5.74, 6) is 1.25. The number of carbonyl (C=O) groups is 2. The fourth-order valence-corrected chi connectivity index (χ4v) is 3.79. The molecule has 0 N–H and O–H groups in total. The highest BCUT2D eigenvalue weighted by atomic mass is 16.5. The molecule has 0 fully saturated rings. The van der Waals surface area contributed by atoms with Crippen molar-refractivity contribution >= 4 is 23.3 Å². The van der Waals surface area contributed by atoms with Crippen LogP contribution in [0.2, 0.25) is 0 Å². The van der Waals surface area contributed by atoms with Gasteiger partial charge in [0.1, 0.15) is 5.69 Å². The minimum atomic E-state index is -0.470. The Hall–Kier alpha value is -5.19. The van der Waals surface area contributed by atoms with Gasteiger partial charge in [-0.25, -0.2) is 9.78 Å². The van der Waals surface area contributed by atoms with Crippen molar-refractivity contribution in [3.8, 4) is 34.2 Å². The van der Waals surface area contributed by atoms with Gasteiger partial charge in [0, 0.05) is 38.3 Å². The Balaban J connectivity index is 0.000000681. The number of rotatable bonds is 8. The molecule has 2 aromatic carbocycles. The van der Waals surface area contributed by atoms with Crippen LogP contribution >= 0.6 is 0 Å². The van der Waals surface area contributed by atoms with Crippen LogP contribution in [-0.2, 0) is 23.2 Å². The van der Waals surface area contributed by atoms with Crippen molar-refractivity contribution in [2.75, 3.05) is 28.3 Å². The third kappa shape index (κ3) is 6.26. The summed E-state index contributed by atoms with van der Waals surface area (Å²) in [7, 11) is 8.32. The van der Waals surface area contributed by atoms with E-state index < -0.39 is 5.97 Å². The van der Waals surface area contributed by atoms with E-state index in [4.69, 9.17) is 23.6 Å². The Morgan fingerprint density at radius 3 is 2.42 bits per heavy atom. The first-order chi connectivity index (χ1) is 19.3. The predicted molar refractivity (Wildman–Crippen MR) is 148 cm³/mol. The van der Waals surface area contributed by atoms with Gasteiger partial charge in [0.15, 0.2) is 18.1 Å². The maximum absolute atomic E-state index is 12.3. The molecule has 3 heterocycles. The number of methoxy groups -OCH3 is 2. The van der Waals surface area contributed by atoms with Crippen LogP contribution in [0.1, 0.15) is 16.4 Å². The zero-order chi connectivity index (χ0) is 28.6. The number of fused-ring (bicyclic) bond motifs is 1. The van der Waals surface area contributed by atoms with Gasteiger partial charge in [-0.3, -0.25) is 4.79 Å². The molecule has 0 saturated heterocycles. The van der Waals surface area contributed by atoms with Crippen molar-refractivity contribution in [1.29, 1.82) is 0 Å². The summed E-state index contributed by atoms with van der Waals surface area (Å²) >= 11 is 0. The van der Waals surface area contributed by atoms with Gasteiger partial charge in [-0.2, -0.15) is 0 Å². The summed E-state index contributed by atoms with van der Waals surface area (Å²) in [4.78, 5) is 28.0. The maximum Gasteiger partial charge on any atom is 0.355 e. The first kappa shape index (κ1) is 27.8. The van der Waals surface area contributed by atoms with Crippen LogP contribution in [0.25, 0.3) is 33.6 Å². The summed E-state index contributed by atoms with van der Waals surface area (Å²) in [5, 5.41) is 9.13. The van der Waals surface area contributed by atoms with Crippen LogP contribution in [0, 0.1) is 0 Å². The molecule has 11 heteroatoms. The molecule has 1 amide bonds. The largest absolute Gasteiger partial charge is 0.493 e. The van der Waals surface area contributed by atoms with Crippen LogP contribution in [0.4, 0.5) is 0 Å². The lowest BCUT2D eigenvalue weighted by atomic mass is 10.0. The van der Waals surface area contributed by atoms with Gasteiger partial charge in [0.05, 0.1) is 31.0 Å². The monoisotopic (exact) mass is 543 g/mol. The molecule has 0 bridgehead atoms. The molecule has 0 aliphatic heterocycles. The van der Waals surface area contributed by atoms with Gasteiger partial charge < -0.3 is 28.1 Å². The number of ether oxygens (including phenoxy) is 3. The third-order valence-corrected chi connectivity index (χ3v) is 5.78. The lowest BCUT2D eigenvalue weighted by molar-refractivity contribution is -0.115.